The van der Waals surface area contributed by atoms with Crippen LogP contribution in [0.15, 0.2) is 23.3 Å². The summed E-state index contributed by atoms with van der Waals surface area (Å²) in [4.78, 5) is 12.2. The minimum atomic E-state index is 0.249. The normalized spacial score (nSPS) is 42.0. The van der Waals surface area contributed by atoms with Gasteiger partial charge >= 0.3 is 0 Å². The van der Waals surface area contributed by atoms with Gasteiger partial charge in [0.05, 0.1) is 0 Å². The van der Waals surface area contributed by atoms with Gasteiger partial charge in [0.1, 0.15) is 5.78 Å². The number of allylic oxidation sites excluding steroid dienone is 3. The Morgan fingerprint density at radius 3 is 2.46 bits per heavy atom. The second-order valence-corrected chi connectivity index (χ2v) is 9.68. The smallest absolute Gasteiger partial charge is 0.133 e. The first-order valence-corrected chi connectivity index (χ1v) is 10.1. The Labute approximate surface area is 149 Å². The summed E-state index contributed by atoms with van der Waals surface area (Å²) < 4.78 is 0. The molecule has 1 heteroatoms. The molecule has 0 heterocycles. The van der Waals surface area contributed by atoms with Crippen molar-refractivity contribution in [1.82, 2.24) is 0 Å². The SMILES string of the molecule is C=C1CC/C(=C2\CC[C@]3(C)C(CC[C@H]3C(C)=O)C2CC)C(C)(C)C1. The number of carbonyl (C=O) groups excluding carboxylic acids is 1. The molecule has 0 bridgehead atoms. The average Bonchev–Trinajstić information content (AvgIpc) is 2.83. The Hall–Kier alpha value is -0.850. The zero-order chi connectivity index (χ0) is 17.7. The van der Waals surface area contributed by atoms with Crippen molar-refractivity contribution < 1.29 is 4.79 Å². The highest BCUT2D eigenvalue weighted by Crippen LogP contribution is 2.61. The number of hydrogen-bond acceptors (Lipinski definition) is 1. The van der Waals surface area contributed by atoms with Crippen LogP contribution in [-0.4, -0.2) is 5.78 Å². The van der Waals surface area contributed by atoms with E-state index in [4.69, 9.17) is 0 Å². The van der Waals surface area contributed by atoms with E-state index in [9.17, 15) is 4.79 Å². The van der Waals surface area contributed by atoms with Crippen LogP contribution < -0.4 is 0 Å². The van der Waals surface area contributed by atoms with Crippen LogP contribution in [-0.2, 0) is 4.79 Å². The fourth-order valence-electron chi connectivity index (χ4n) is 6.75. The van der Waals surface area contributed by atoms with E-state index in [-0.39, 0.29) is 10.8 Å². The second-order valence-electron chi connectivity index (χ2n) is 9.68. The molecule has 1 nitrogen and oxygen atoms in total. The predicted octanol–water partition coefficient (Wildman–Crippen LogP) is 6.49. The van der Waals surface area contributed by atoms with Gasteiger partial charge in [-0.2, -0.15) is 0 Å². The molecule has 0 spiro atoms. The summed E-state index contributed by atoms with van der Waals surface area (Å²) in [5, 5.41) is 0. The Morgan fingerprint density at radius 2 is 1.88 bits per heavy atom. The molecule has 3 aliphatic rings. The monoisotopic (exact) mass is 328 g/mol. The van der Waals surface area contributed by atoms with E-state index in [2.05, 4.69) is 34.3 Å². The lowest BCUT2D eigenvalue weighted by Gasteiger charge is -2.48. The van der Waals surface area contributed by atoms with Gasteiger partial charge in [-0.15, -0.1) is 0 Å². The van der Waals surface area contributed by atoms with Crippen LogP contribution in [0.2, 0.25) is 0 Å². The van der Waals surface area contributed by atoms with Crippen molar-refractivity contribution in [2.75, 3.05) is 0 Å². The largest absolute Gasteiger partial charge is 0.300 e. The molecule has 0 aliphatic heterocycles. The zero-order valence-electron chi connectivity index (χ0n) is 16.5. The van der Waals surface area contributed by atoms with Crippen molar-refractivity contribution in [3.05, 3.63) is 23.3 Å². The standard InChI is InChI=1S/C23H36O/c1-7-17-18(20-9-8-15(2)14-22(20,4)5)12-13-23(6)19(16(3)24)10-11-21(17)23/h17,19,21H,2,7-14H2,1,3-6H3/b20-18-/t17?,19-,21?,23-/m0/s1. The summed E-state index contributed by atoms with van der Waals surface area (Å²) in [6.07, 6.45) is 9.60. The molecule has 134 valence electrons. The third kappa shape index (κ3) is 2.72. The molecule has 0 amide bonds. The van der Waals surface area contributed by atoms with Gasteiger partial charge in [0, 0.05) is 5.92 Å². The first-order valence-electron chi connectivity index (χ1n) is 10.1. The molecule has 0 aromatic rings. The minimum Gasteiger partial charge on any atom is -0.300 e. The molecule has 0 aromatic heterocycles. The van der Waals surface area contributed by atoms with E-state index in [1.165, 1.54) is 44.1 Å². The van der Waals surface area contributed by atoms with Crippen LogP contribution in [0.3, 0.4) is 0 Å². The van der Waals surface area contributed by atoms with Crippen LogP contribution in [0.25, 0.3) is 0 Å². The molecule has 0 N–H and O–H groups in total. The van der Waals surface area contributed by atoms with Gasteiger partial charge in [0.15, 0.2) is 0 Å². The van der Waals surface area contributed by atoms with Crippen molar-refractivity contribution in [3.8, 4) is 0 Å². The number of Topliss-reactive ketones (excluding diaryl/α,β-unsaturated/α-hetero) is 1. The number of rotatable bonds is 2. The molecule has 3 saturated carbocycles. The molecule has 3 rings (SSSR count). The van der Waals surface area contributed by atoms with Gasteiger partial charge in [-0.25, -0.2) is 0 Å². The van der Waals surface area contributed by atoms with Gasteiger partial charge in [0.25, 0.3) is 0 Å². The zero-order valence-corrected chi connectivity index (χ0v) is 16.5. The summed E-state index contributed by atoms with van der Waals surface area (Å²) >= 11 is 0. The highest BCUT2D eigenvalue weighted by Gasteiger charge is 2.54. The quantitative estimate of drug-likeness (QED) is 0.529. The van der Waals surface area contributed by atoms with Crippen LogP contribution in [0, 0.1) is 28.6 Å². The highest BCUT2D eigenvalue weighted by molar-refractivity contribution is 5.79. The fourth-order valence-corrected chi connectivity index (χ4v) is 6.75. The summed E-state index contributed by atoms with van der Waals surface area (Å²) in [5.41, 5.74) is 5.48. The molecule has 3 fully saturated rings. The van der Waals surface area contributed by atoms with Crippen LogP contribution >= 0.6 is 0 Å². The second kappa shape index (κ2) is 6.15. The third-order valence-corrected chi connectivity index (χ3v) is 7.83. The van der Waals surface area contributed by atoms with Crippen molar-refractivity contribution in [1.29, 1.82) is 0 Å². The van der Waals surface area contributed by atoms with E-state index in [0.29, 0.717) is 23.5 Å². The van der Waals surface area contributed by atoms with Gasteiger partial charge in [0.2, 0.25) is 0 Å². The molecular weight excluding hydrogens is 292 g/mol. The topological polar surface area (TPSA) is 17.1 Å². The molecule has 4 atom stereocenters. The maximum Gasteiger partial charge on any atom is 0.133 e. The Kier molecular flexibility index (Phi) is 4.60. The number of ketones is 1. The Balaban J connectivity index is 1.98. The highest BCUT2D eigenvalue weighted by atomic mass is 16.1. The van der Waals surface area contributed by atoms with Crippen molar-refractivity contribution >= 4 is 5.78 Å². The Morgan fingerprint density at radius 1 is 1.17 bits per heavy atom. The maximum absolute atomic E-state index is 12.2. The van der Waals surface area contributed by atoms with E-state index in [1.807, 2.05) is 6.92 Å². The first-order chi connectivity index (χ1) is 11.2. The molecule has 2 unspecified atom stereocenters. The minimum absolute atomic E-state index is 0.249. The number of fused-ring (bicyclic) bond motifs is 1. The number of carbonyl (C=O) groups is 1. The number of hydrogen-bond donors (Lipinski definition) is 0. The summed E-state index contributed by atoms with van der Waals surface area (Å²) in [5.74, 6) is 2.16. The average molecular weight is 329 g/mol. The van der Waals surface area contributed by atoms with Gasteiger partial charge < -0.3 is 0 Å². The van der Waals surface area contributed by atoms with Crippen molar-refractivity contribution in [2.45, 2.75) is 86.0 Å². The molecule has 0 saturated heterocycles. The van der Waals surface area contributed by atoms with E-state index in [1.54, 1.807) is 11.1 Å². The van der Waals surface area contributed by atoms with Gasteiger partial charge in [-0.05, 0) is 81.0 Å². The molecule has 3 aliphatic carbocycles. The van der Waals surface area contributed by atoms with Crippen LogP contribution in [0.5, 0.6) is 0 Å². The Bertz CT molecular complexity index is 579. The molecular formula is C23H36O. The van der Waals surface area contributed by atoms with Crippen molar-refractivity contribution in [3.63, 3.8) is 0 Å². The van der Waals surface area contributed by atoms with Gasteiger partial charge in [-0.3, -0.25) is 4.79 Å². The fraction of sp³-hybridized carbons (Fsp3) is 0.783. The first kappa shape index (κ1) is 18.0. The van der Waals surface area contributed by atoms with E-state index >= 15 is 0 Å². The van der Waals surface area contributed by atoms with E-state index < -0.39 is 0 Å². The summed E-state index contributed by atoms with van der Waals surface area (Å²) in [6, 6.07) is 0. The lowest BCUT2D eigenvalue weighted by Crippen LogP contribution is -2.41. The van der Waals surface area contributed by atoms with Crippen LogP contribution in [0.1, 0.15) is 86.0 Å². The van der Waals surface area contributed by atoms with E-state index in [0.717, 1.165) is 12.8 Å². The maximum atomic E-state index is 12.2. The summed E-state index contributed by atoms with van der Waals surface area (Å²) in [6.45, 7) is 15.7. The lowest BCUT2D eigenvalue weighted by molar-refractivity contribution is -0.125. The van der Waals surface area contributed by atoms with Gasteiger partial charge in [-0.1, -0.05) is 51.0 Å². The molecule has 0 radical (unpaired) electrons. The van der Waals surface area contributed by atoms with Crippen LogP contribution in [0.4, 0.5) is 0 Å². The van der Waals surface area contributed by atoms with Crippen molar-refractivity contribution in [2.24, 2.45) is 28.6 Å². The predicted molar refractivity (Wildman–Crippen MR) is 102 cm³/mol. The summed E-state index contributed by atoms with van der Waals surface area (Å²) in [7, 11) is 0. The molecule has 24 heavy (non-hydrogen) atoms. The lowest BCUT2D eigenvalue weighted by atomic mass is 9.56. The third-order valence-electron chi connectivity index (χ3n) is 7.83. The molecule has 0 aromatic carbocycles.